The average Bonchev–Trinajstić information content (AvgIpc) is 3.41. The van der Waals surface area contributed by atoms with Gasteiger partial charge in [0.15, 0.2) is 11.6 Å². The summed E-state index contributed by atoms with van der Waals surface area (Å²) in [6.07, 6.45) is 1.41. The second-order valence-electron chi connectivity index (χ2n) is 11.6. The number of nitrogens with one attached hydrogen (secondary N) is 2. The summed E-state index contributed by atoms with van der Waals surface area (Å²) < 4.78 is 94.3. The molecular weight excluding hydrogens is 639 g/mol. The van der Waals surface area contributed by atoms with Crippen LogP contribution in [0.1, 0.15) is 49.4 Å². The molecule has 0 aromatic heterocycles. The minimum atomic E-state index is -5.66. The highest BCUT2D eigenvalue weighted by Crippen LogP contribution is 2.39. The lowest BCUT2D eigenvalue weighted by Crippen LogP contribution is -2.50. The van der Waals surface area contributed by atoms with E-state index >= 15 is 0 Å². The zero-order valence-electron chi connectivity index (χ0n) is 25.1. The van der Waals surface area contributed by atoms with Gasteiger partial charge >= 0.3 is 18.4 Å². The van der Waals surface area contributed by atoms with E-state index in [4.69, 9.17) is 14.1 Å². The zero-order valence-corrected chi connectivity index (χ0v) is 26.0. The minimum absolute atomic E-state index is 0.115. The molecule has 0 spiro atoms. The predicted molar refractivity (Wildman–Crippen MR) is 157 cm³/mol. The predicted octanol–water partition coefficient (Wildman–Crippen LogP) is 4.47. The van der Waals surface area contributed by atoms with E-state index in [0.717, 1.165) is 24.3 Å². The van der Waals surface area contributed by atoms with E-state index in [-0.39, 0.29) is 29.2 Å². The van der Waals surface area contributed by atoms with E-state index in [1.165, 1.54) is 20.3 Å². The Labute approximate surface area is 263 Å². The third kappa shape index (κ3) is 7.25. The number of rotatable bonds is 10. The lowest BCUT2D eigenvalue weighted by molar-refractivity contribution is -0.150. The van der Waals surface area contributed by atoms with Crippen LogP contribution in [0.15, 0.2) is 41.3 Å². The van der Waals surface area contributed by atoms with Crippen molar-refractivity contribution in [2.75, 3.05) is 19.5 Å². The number of amides is 2. The normalized spacial score (nSPS) is 23.5. The smallest absolute Gasteiger partial charge is 0.496 e. The molecule has 0 radical (unpaired) electrons. The number of carbonyl (C=O) groups is 3. The Morgan fingerprint density at radius 2 is 1.72 bits per heavy atom. The van der Waals surface area contributed by atoms with Gasteiger partial charge < -0.3 is 29.9 Å². The quantitative estimate of drug-likeness (QED) is 0.245. The van der Waals surface area contributed by atoms with Crippen molar-refractivity contribution in [2.45, 2.75) is 67.8 Å². The molecule has 1 heterocycles. The van der Waals surface area contributed by atoms with Crippen LogP contribution in [0, 0.1) is 17.2 Å². The molecule has 17 heteroatoms. The standard InChI is InChI=1S/C29H33BF4N2O9S/c1-28(27(39)40)10-7-17(8-11-28)45-23-14-20(22(43-2)15-21(23)31)26(38)36-24-19(9-12-30(24)44-3)25(37)35-16-5-4-6-18(13-16)46(41,42)29(32,33)34/h4-6,13-15,17,19,24H,7-12H2,1-3H3,(H,35,37)(H,36,38)(H,39,40)/t17-,19-,24-,28+/m0/s1. The van der Waals surface area contributed by atoms with Crippen LogP contribution < -0.4 is 20.1 Å². The molecule has 2 aromatic carbocycles. The van der Waals surface area contributed by atoms with Gasteiger partial charge in [-0.25, -0.2) is 12.8 Å². The summed E-state index contributed by atoms with van der Waals surface area (Å²) >= 11 is 0. The molecule has 2 aliphatic rings. The van der Waals surface area contributed by atoms with Crippen molar-refractivity contribution in [1.29, 1.82) is 0 Å². The second-order valence-corrected chi connectivity index (χ2v) is 13.5. The number of hydrogen-bond donors (Lipinski definition) is 3. The number of hydrogen-bond acceptors (Lipinski definition) is 8. The largest absolute Gasteiger partial charge is 0.501 e. The highest BCUT2D eigenvalue weighted by molar-refractivity contribution is 7.92. The number of benzene rings is 2. The maximum Gasteiger partial charge on any atom is 0.501 e. The van der Waals surface area contributed by atoms with Crippen LogP contribution in [0.3, 0.4) is 0 Å². The SMILES string of the molecule is COB1CC[C@H](C(=O)Nc2cccc(S(=O)(=O)C(F)(F)F)c2)[C@@H]1NC(=O)c1cc(O[C@H]2CC[C@@](C)(C(=O)O)CC2)c(F)cc1OC. The van der Waals surface area contributed by atoms with Gasteiger partial charge in [0.25, 0.3) is 15.7 Å². The molecule has 46 heavy (non-hydrogen) atoms. The number of carboxylic acid groups (broad SMARTS) is 1. The molecular formula is C29H33BF4N2O9S. The third-order valence-corrected chi connectivity index (χ3v) is 10.1. The van der Waals surface area contributed by atoms with Gasteiger partial charge in [0.05, 0.1) is 35.0 Å². The number of anilines is 1. The van der Waals surface area contributed by atoms with Gasteiger partial charge in [-0.05, 0) is 69.6 Å². The van der Waals surface area contributed by atoms with E-state index in [1.54, 1.807) is 6.92 Å². The molecule has 2 atom stereocenters. The molecule has 2 amide bonds. The Morgan fingerprint density at radius 1 is 1.04 bits per heavy atom. The second kappa shape index (κ2) is 13.5. The molecule has 1 aliphatic heterocycles. The summed E-state index contributed by atoms with van der Waals surface area (Å²) in [6.45, 7) is 0.992. The van der Waals surface area contributed by atoms with Gasteiger partial charge in [-0.3, -0.25) is 14.4 Å². The van der Waals surface area contributed by atoms with E-state index in [1.807, 2.05) is 0 Å². The van der Waals surface area contributed by atoms with Crippen LogP contribution in [0.5, 0.6) is 11.5 Å². The minimum Gasteiger partial charge on any atom is -0.496 e. The average molecular weight is 672 g/mol. The first kappa shape index (κ1) is 35.0. The van der Waals surface area contributed by atoms with E-state index in [0.29, 0.717) is 38.1 Å². The van der Waals surface area contributed by atoms with Gasteiger partial charge in [0.2, 0.25) is 5.91 Å². The van der Waals surface area contributed by atoms with Gasteiger partial charge in [-0.1, -0.05) is 6.07 Å². The van der Waals surface area contributed by atoms with Crippen LogP contribution in [-0.4, -0.2) is 70.0 Å². The molecule has 4 rings (SSSR count). The van der Waals surface area contributed by atoms with Crippen molar-refractivity contribution in [3.8, 4) is 11.5 Å². The first-order chi connectivity index (χ1) is 21.5. The summed E-state index contributed by atoms with van der Waals surface area (Å²) in [7, 11) is -3.05. The highest BCUT2D eigenvalue weighted by atomic mass is 32.2. The molecule has 1 saturated carbocycles. The summed E-state index contributed by atoms with van der Waals surface area (Å²) in [5.74, 6) is -5.43. The Bertz CT molecular complexity index is 1600. The van der Waals surface area contributed by atoms with Crippen molar-refractivity contribution in [3.63, 3.8) is 0 Å². The molecule has 11 nitrogen and oxygen atoms in total. The maximum atomic E-state index is 15.0. The van der Waals surface area contributed by atoms with Crippen LogP contribution in [0.4, 0.5) is 23.2 Å². The molecule has 2 fully saturated rings. The molecule has 0 unspecified atom stereocenters. The Hall–Kier alpha value is -3.86. The first-order valence-corrected chi connectivity index (χ1v) is 15.8. The molecule has 3 N–H and O–H groups in total. The number of carboxylic acids is 1. The number of alkyl halides is 3. The van der Waals surface area contributed by atoms with Crippen molar-refractivity contribution >= 4 is 40.2 Å². The van der Waals surface area contributed by atoms with Gasteiger partial charge in [0.1, 0.15) is 5.75 Å². The summed E-state index contributed by atoms with van der Waals surface area (Å²) in [4.78, 5) is 37.3. The van der Waals surface area contributed by atoms with Gasteiger partial charge in [-0.2, -0.15) is 13.2 Å². The summed E-state index contributed by atoms with van der Waals surface area (Å²) in [5, 5.41) is 14.6. The highest BCUT2D eigenvalue weighted by Gasteiger charge is 2.48. The van der Waals surface area contributed by atoms with E-state index in [9.17, 15) is 45.5 Å². The fraction of sp³-hybridized carbons (Fsp3) is 0.483. The molecule has 1 aliphatic carbocycles. The number of halogens is 4. The van der Waals surface area contributed by atoms with Crippen LogP contribution >= 0.6 is 0 Å². The Kier molecular flexibility index (Phi) is 10.3. The van der Waals surface area contributed by atoms with Crippen LogP contribution in [0.25, 0.3) is 0 Å². The first-order valence-electron chi connectivity index (χ1n) is 14.3. The van der Waals surface area contributed by atoms with Crippen LogP contribution in [0.2, 0.25) is 6.32 Å². The topological polar surface area (TPSA) is 157 Å². The van der Waals surface area contributed by atoms with Gasteiger partial charge in [0, 0.05) is 24.8 Å². The monoisotopic (exact) mass is 672 g/mol. The van der Waals surface area contributed by atoms with Crippen molar-refractivity contribution in [2.24, 2.45) is 11.3 Å². The molecule has 250 valence electrons. The maximum absolute atomic E-state index is 15.0. The lowest BCUT2D eigenvalue weighted by atomic mass is 9.61. The zero-order chi connectivity index (χ0) is 34.0. The number of sulfone groups is 1. The summed E-state index contributed by atoms with van der Waals surface area (Å²) in [6, 6.07) is 5.86. The van der Waals surface area contributed by atoms with Crippen molar-refractivity contribution < 1.29 is 59.6 Å². The van der Waals surface area contributed by atoms with Crippen molar-refractivity contribution in [3.05, 3.63) is 47.8 Å². The molecule has 0 bridgehead atoms. The van der Waals surface area contributed by atoms with Crippen LogP contribution in [-0.2, 0) is 24.1 Å². The lowest BCUT2D eigenvalue weighted by Gasteiger charge is -2.34. The van der Waals surface area contributed by atoms with E-state index in [2.05, 4.69) is 10.6 Å². The number of aliphatic carboxylic acids is 1. The Morgan fingerprint density at radius 3 is 2.30 bits per heavy atom. The Balaban J connectivity index is 1.52. The third-order valence-electron chi connectivity index (χ3n) is 8.59. The number of ether oxygens (including phenoxy) is 2. The van der Waals surface area contributed by atoms with Gasteiger partial charge in [-0.15, -0.1) is 0 Å². The molecule has 1 saturated heterocycles. The fourth-order valence-corrected chi connectivity index (χ4v) is 6.57. The fourth-order valence-electron chi connectivity index (χ4n) is 5.76. The van der Waals surface area contributed by atoms with Crippen molar-refractivity contribution in [1.82, 2.24) is 5.32 Å². The summed E-state index contributed by atoms with van der Waals surface area (Å²) in [5.41, 5.74) is -6.76. The number of carbonyl (C=O) groups excluding carboxylic acids is 2. The molecule has 2 aromatic rings. The van der Waals surface area contributed by atoms with E-state index < -0.39 is 74.1 Å². The number of methoxy groups -OCH3 is 1.